The van der Waals surface area contributed by atoms with E-state index < -0.39 is 0 Å². The molecule has 1 saturated heterocycles. The van der Waals surface area contributed by atoms with Crippen molar-refractivity contribution in [1.82, 2.24) is 5.32 Å². The minimum absolute atomic E-state index is 0.0783. The molecule has 1 fully saturated rings. The van der Waals surface area contributed by atoms with Crippen molar-refractivity contribution in [2.75, 3.05) is 33.4 Å². The second kappa shape index (κ2) is 7.31. The number of nitrogens with one attached hydrogen (secondary N) is 1. The first-order valence-corrected chi connectivity index (χ1v) is 6.53. The highest BCUT2D eigenvalue weighted by atomic mass is 16.6. The van der Waals surface area contributed by atoms with Gasteiger partial charge >= 0.3 is 0 Å². The normalized spacial score (nSPS) is 25.4. The van der Waals surface area contributed by atoms with Crippen LogP contribution in [-0.2, 0) is 14.2 Å². The molecule has 0 aliphatic carbocycles. The summed E-state index contributed by atoms with van der Waals surface area (Å²) in [5.74, 6) is 0. The molecule has 17 heavy (non-hydrogen) atoms. The Bertz CT molecular complexity index is 203. The largest absolute Gasteiger partial charge is 0.376 e. The average molecular weight is 245 g/mol. The average Bonchev–Trinajstić information content (AvgIpc) is 2.64. The Morgan fingerprint density at radius 3 is 2.53 bits per heavy atom. The summed E-state index contributed by atoms with van der Waals surface area (Å²) in [4.78, 5) is 0. The summed E-state index contributed by atoms with van der Waals surface area (Å²) in [6, 6.07) is 0. The molecule has 0 amide bonds. The fourth-order valence-corrected chi connectivity index (χ4v) is 1.90. The van der Waals surface area contributed by atoms with Gasteiger partial charge in [-0.2, -0.15) is 0 Å². The molecule has 1 aliphatic rings. The third-order valence-electron chi connectivity index (χ3n) is 2.69. The van der Waals surface area contributed by atoms with Crippen molar-refractivity contribution in [3.8, 4) is 0 Å². The predicted molar refractivity (Wildman–Crippen MR) is 68.3 cm³/mol. The molecule has 4 nitrogen and oxygen atoms in total. The molecule has 1 rings (SSSR count). The van der Waals surface area contributed by atoms with Crippen LogP contribution in [0.3, 0.4) is 0 Å². The lowest BCUT2D eigenvalue weighted by Gasteiger charge is -2.20. The van der Waals surface area contributed by atoms with Gasteiger partial charge in [-0.05, 0) is 40.7 Å². The zero-order valence-electron chi connectivity index (χ0n) is 11.6. The summed E-state index contributed by atoms with van der Waals surface area (Å²) < 4.78 is 17.0. The lowest BCUT2D eigenvalue weighted by atomic mass is 10.2. The molecule has 1 aliphatic heterocycles. The number of ether oxygens (including phenoxy) is 3. The maximum Gasteiger partial charge on any atom is 0.0813 e. The lowest BCUT2D eigenvalue weighted by molar-refractivity contribution is -0.0573. The van der Waals surface area contributed by atoms with Crippen LogP contribution in [0.4, 0.5) is 0 Å². The van der Waals surface area contributed by atoms with Crippen LogP contribution in [0, 0.1) is 0 Å². The predicted octanol–water partition coefficient (Wildman–Crippen LogP) is 1.59. The molecular weight excluding hydrogens is 218 g/mol. The summed E-state index contributed by atoms with van der Waals surface area (Å²) in [5, 5.41) is 3.14. The number of hydrogen-bond donors (Lipinski definition) is 1. The molecule has 4 heteroatoms. The highest BCUT2D eigenvalue weighted by Crippen LogP contribution is 2.19. The zero-order chi connectivity index (χ0) is 12.7. The Morgan fingerprint density at radius 2 is 1.88 bits per heavy atom. The van der Waals surface area contributed by atoms with Gasteiger partial charge in [0.15, 0.2) is 0 Å². The monoisotopic (exact) mass is 245 g/mol. The first-order chi connectivity index (χ1) is 8.01. The molecule has 1 heterocycles. The Kier molecular flexibility index (Phi) is 6.41. The van der Waals surface area contributed by atoms with E-state index in [4.69, 9.17) is 14.2 Å². The van der Waals surface area contributed by atoms with Crippen LogP contribution in [0.1, 0.15) is 33.6 Å². The van der Waals surface area contributed by atoms with Crippen molar-refractivity contribution in [3.05, 3.63) is 0 Å². The van der Waals surface area contributed by atoms with Crippen LogP contribution in [0.25, 0.3) is 0 Å². The Labute approximate surface area is 105 Å². The van der Waals surface area contributed by atoms with Gasteiger partial charge in [-0.15, -0.1) is 0 Å². The third kappa shape index (κ3) is 6.99. The maximum atomic E-state index is 5.82. The van der Waals surface area contributed by atoms with E-state index in [1.165, 1.54) is 0 Å². The van der Waals surface area contributed by atoms with E-state index in [9.17, 15) is 0 Å². The molecule has 102 valence electrons. The second-order valence-electron chi connectivity index (χ2n) is 5.55. The SMILES string of the molecule is CNCC1CCC(COCCOC(C)(C)C)O1. The van der Waals surface area contributed by atoms with Crippen molar-refractivity contribution < 1.29 is 14.2 Å². The quantitative estimate of drug-likeness (QED) is 0.691. The van der Waals surface area contributed by atoms with Crippen LogP contribution < -0.4 is 5.32 Å². The van der Waals surface area contributed by atoms with Crippen molar-refractivity contribution in [2.24, 2.45) is 0 Å². The minimum Gasteiger partial charge on any atom is -0.376 e. The molecule has 0 saturated carbocycles. The molecule has 0 aromatic heterocycles. The summed E-state index contributed by atoms with van der Waals surface area (Å²) >= 11 is 0. The molecule has 2 unspecified atom stereocenters. The number of hydrogen-bond acceptors (Lipinski definition) is 4. The molecule has 0 aromatic carbocycles. The highest BCUT2D eigenvalue weighted by molar-refractivity contribution is 4.74. The highest BCUT2D eigenvalue weighted by Gasteiger charge is 2.24. The van der Waals surface area contributed by atoms with Gasteiger partial charge in [0.25, 0.3) is 0 Å². The van der Waals surface area contributed by atoms with Crippen molar-refractivity contribution in [2.45, 2.75) is 51.4 Å². The van der Waals surface area contributed by atoms with Gasteiger partial charge in [0.2, 0.25) is 0 Å². The molecule has 2 atom stereocenters. The van der Waals surface area contributed by atoms with Gasteiger partial charge in [-0.3, -0.25) is 0 Å². The van der Waals surface area contributed by atoms with Gasteiger partial charge in [0.1, 0.15) is 0 Å². The summed E-state index contributed by atoms with van der Waals surface area (Å²) in [7, 11) is 1.96. The Balaban J connectivity index is 1.97. The smallest absolute Gasteiger partial charge is 0.0813 e. The second-order valence-corrected chi connectivity index (χ2v) is 5.55. The van der Waals surface area contributed by atoms with E-state index in [1.54, 1.807) is 0 Å². The maximum absolute atomic E-state index is 5.82. The van der Waals surface area contributed by atoms with E-state index in [-0.39, 0.29) is 11.7 Å². The Hall–Kier alpha value is -0.160. The van der Waals surface area contributed by atoms with Gasteiger partial charge in [-0.25, -0.2) is 0 Å². The molecule has 0 aromatic rings. The van der Waals surface area contributed by atoms with E-state index in [0.29, 0.717) is 25.9 Å². The fraction of sp³-hybridized carbons (Fsp3) is 1.00. The lowest BCUT2D eigenvalue weighted by Crippen LogP contribution is -2.26. The van der Waals surface area contributed by atoms with E-state index in [1.807, 2.05) is 7.05 Å². The van der Waals surface area contributed by atoms with Gasteiger partial charge in [0.05, 0.1) is 37.6 Å². The fourth-order valence-electron chi connectivity index (χ4n) is 1.90. The van der Waals surface area contributed by atoms with Crippen molar-refractivity contribution in [1.29, 1.82) is 0 Å². The molecule has 0 spiro atoms. The van der Waals surface area contributed by atoms with Crippen molar-refractivity contribution >= 4 is 0 Å². The van der Waals surface area contributed by atoms with Gasteiger partial charge in [0, 0.05) is 6.54 Å². The van der Waals surface area contributed by atoms with E-state index in [2.05, 4.69) is 26.1 Å². The van der Waals surface area contributed by atoms with Crippen LogP contribution in [0.5, 0.6) is 0 Å². The van der Waals surface area contributed by atoms with Crippen LogP contribution in [-0.4, -0.2) is 51.2 Å². The number of rotatable bonds is 7. The standard InChI is InChI=1S/C13H27NO3/c1-13(2,3)16-8-7-15-10-12-6-5-11(17-12)9-14-4/h11-12,14H,5-10H2,1-4H3. The van der Waals surface area contributed by atoms with Crippen molar-refractivity contribution in [3.63, 3.8) is 0 Å². The number of likely N-dealkylation sites (N-methyl/N-ethyl adjacent to an activating group) is 1. The van der Waals surface area contributed by atoms with Gasteiger partial charge < -0.3 is 19.5 Å². The van der Waals surface area contributed by atoms with Crippen LogP contribution >= 0.6 is 0 Å². The topological polar surface area (TPSA) is 39.7 Å². The summed E-state index contributed by atoms with van der Waals surface area (Å²) in [5.41, 5.74) is -0.0783. The Morgan fingerprint density at radius 1 is 1.18 bits per heavy atom. The zero-order valence-corrected chi connectivity index (χ0v) is 11.6. The van der Waals surface area contributed by atoms with Crippen LogP contribution in [0.15, 0.2) is 0 Å². The van der Waals surface area contributed by atoms with Gasteiger partial charge in [-0.1, -0.05) is 0 Å². The molecule has 1 N–H and O–H groups in total. The summed E-state index contributed by atoms with van der Waals surface area (Å²) in [6.07, 6.45) is 2.86. The first-order valence-electron chi connectivity index (χ1n) is 6.53. The van der Waals surface area contributed by atoms with E-state index >= 15 is 0 Å². The third-order valence-corrected chi connectivity index (χ3v) is 2.69. The molecular formula is C13H27NO3. The first kappa shape index (κ1) is 14.9. The molecule has 0 radical (unpaired) electrons. The minimum atomic E-state index is -0.0783. The molecule has 0 bridgehead atoms. The van der Waals surface area contributed by atoms with E-state index in [0.717, 1.165) is 19.4 Å². The summed E-state index contributed by atoms with van der Waals surface area (Å²) in [6.45, 7) is 9.07. The van der Waals surface area contributed by atoms with Crippen LogP contribution in [0.2, 0.25) is 0 Å².